The zero-order chi connectivity index (χ0) is 13.1. The summed E-state index contributed by atoms with van der Waals surface area (Å²) in [4.78, 5) is 13.0. The Kier molecular flexibility index (Phi) is 3.02. The summed E-state index contributed by atoms with van der Waals surface area (Å²) >= 11 is 0. The fraction of sp³-hybridized carbons (Fsp3) is 0.0625. The molecule has 3 heteroatoms. The monoisotopic (exact) mass is 247 g/mol. The average Bonchev–Trinajstić information content (AvgIpc) is 2.48. The van der Waals surface area contributed by atoms with Gasteiger partial charge in [-0.3, -0.25) is 4.98 Å². The summed E-state index contributed by atoms with van der Waals surface area (Å²) in [7, 11) is 0. The van der Waals surface area contributed by atoms with Crippen molar-refractivity contribution in [2.24, 2.45) is 0 Å². The van der Waals surface area contributed by atoms with E-state index in [0.29, 0.717) is 0 Å². The van der Waals surface area contributed by atoms with Crippen LogP contribution in [-0.4, -0.2) is 15.0 Å². The molecule has 19 heavy (non-hydrogen) atoms. The van der Waals surface area contributed by atoms with Crippen LogP contribution in [-0.2, 0) is 0 Å². The van der Waals surface area contributed by atoms with Crippen LogP contribution < -0.4 is 0 Å². The van der Waals surface area contributed by atoms with E-state index in [9.17, 15) is 0 Å². The van der Waals surface area contributed by atoms with E-state index in [4.69, 9.17) is 0 Å². The zero-order valence-corrected chi connectivity index (χ0v) is 10.6. The molecule has 3 nitrogen and oxygen atoms in total. The molecule has 0 bridgehead atoms. The van der Waals surface area contributed by atoms with Crippen molar-refractivity contribution in [2.75, 3.05) is 0 Å². The van der Waals surface area contributed by atoms with Gasteiger partial charge in [-0.25, -0.2) is 9.97 Å². The fourth-order valence-electron chi connectivity index (χ4n) is 1.97. The second-order valence-corrected chi connectivity index (χ2v) is 4.37. The summed E-state index contributed by atoms with van der Waals surface area (Å²) < 4.78 is 0. The molecule has 3 aromatic rings. The molecule has 0 fully saturated rings. The van der Waals surface area contributed by atoms with Gasteiger partial charge in [0.25, 0.3) is 0 Å². The molecule has 0 aliphatic heterocycles. The van der Waals surface area contributed by atoms with Gasteiger partial charge in [0.05, 0.1) is 5.69 Å². The van der Waals surface area contributed by atoms with Gasteiger partial charge in [0.1, 0.15) is 0 Å². The molecule has 0 aliphatic rings. The minimum absolute atomic E-state index is 0.748. The number of rotatable bonds is 2. The van der Waals surface area contributed by atoms with Gasteiger partial charge in [-0.15, -0.1) is 0 Å². The summed E-state index contributed by atoms with van der Waals surface area (Å²) in [5.74, 6) is 0.748. The van der Waals surface area contributed by atoms with E-state index in [0.717, 1.165) is 22.6 Å². The minimum Gasteiger partial charge on any atom is -0.265 e. The molecule has 1 aromatic carbocycles. The van der Waals surface area contributed by atoms with E-state index in [-0.39, 0.29) is 0 Å². The predicted octanol–water partition coefficient (Wildman–Crippen LogP) is 3.51. The van der Waals surface area contributed by atoms with Crippen molar-refractivity contribution in [3.63, 3.8) is 0 Å². The van der Waals surface area contributed by atoms with Gasteiger partial charge in [-0.2, -0.15) is 0 Å². The molecule has 0 saturated heterocycles. The van der Waals surface area contributed by atoms with Crippen LogP contribution in [0.15, 0.2) is 61.1 Å². The second-order valence-electron chi connectivity index (χ2n) is 4.37. The summed E-state index contributed by atoms with van der Waals surface area (Å²) in [6.07, 6.45) is 5.33. The Hall–Kier alpha value is -2.55. The van der Waals surface area contributed by atoms with Crippen molar-refractivity contribution in [2.45, 2.75) is 6.92 Å². The maximum Gasteiger partial charge on any atom is 0.159 e. The Morgan fingerprint density at radius 1 is 0.842 bits per heavy atom. The largest absolute Gasteiger partial charge is 0.265 e. The highest BCUT2D eigenvalue weighted by molar-refractivity contribution is 5.63. The first-order chi connectivity index (χ1) is 9.33. The van der Waals surface area contributed by atoms with Crippen LogP contribution in [0, 0.1) is 6.92 Å². The Morgan fingerprint density at radius 2 is 1.68 bits per heavy atom. The molecular weight excluding hydrogens is 234 g/mol. The molecule has 0 unspecified atom stereocenters. The highest BCUT2D eigenvalue weighted by atomic mass is 14.9. The Morgan fingerprint density at radius 3 is 2.47 bits per heavy atom. The Labute approximate surface area is 112 Å². The van der Waals surface area contributed by atoms with Crippen molar-refractivity contribution in [1.29, 1.82) is 0 Å². The molecular formula is C16H13N3. The molecule has 0 radical (unpaired) electrons. The third-order valence-corrected chi connectivity index (χ3v) is 2.91. The number of hydrogen-bond acceptors (Lipinski definition) is 3. The van der Waals surface area contributed by atoms with Crippen molar-refractivity contribution >= 4 is 0 Å². The fourth-order valence-corrected chi connectivity index (χ4v) is 1.97. The molecule has 3 rings (SSSR count). The van der Waals surface area contributed by atoms with Crippen LogP contribution in [0.2, 0.25) is 0 Å². The van der Waals surface area contributed by atoms with Crippen LogP contribution in [0.4, 0.5) is 0 Å². The maximum absolute atomic E-state index is 4.62. The molecule has 0 aliphatic carbocycles. The number of aryl methyl sites for hydroxylation is 1. The summed E-state index contributed by atoms with van der Waals surface area (Å²) in [6.45, 7) is 2.07. The highest BCUT2D eigenvalue weighted by Gasteiger charge is 2.04. The van der Waals surface area contributed by atoms with Crippen LogP contribution in [0.25, 0.3) is 22.6 Å². The average molecular weight is 247 g/mol. The van der Waals surface area contributed by atoms with Crippen molar-refractivity contribution in [3.8, 4) is 22.6 Å². The van der Waals surface area contributed by atoms with Gasteiger partial charge >= 0.3 is 0 Å². The van der Waals surface area contributed by atoms with E-state index < -0.39 is 0 Å². The normalized spacial score (nSPS) is 10.4. The lowest BCUT2D eigenvalue weighted by atomic mass is 10.1. The third-order valence-electron chi connectivity index (χ3n) is 2.91. The first kappa shape index (κ1) is 11.5. The van der Waals surface area contributed by atoms with Gasteiger partial charge in [-0.05, 0) is 31.2 Å². The summed E-state index contributed by atoms with van der Waals surface area (Å²) in [5.41, 5.74) is 4.20. The lowest BCUT2D eigenvalue weighted by Crippen LogP contribution is -1.91. The Bertz CT molecular complexity index is 693. The highest BCUT2D eigenvalue weighted by Crippen LogP contribution is 2.20. The van der Waals surface area contributed by atoms with E-state index in [1.54, 1.807) is 18.6 Å². The maximum atomic E-state index is 4.62. The topological polar surface area (TPSA) is 38.7 Å². The van der Waals surface area contributed by atoms with Crippen LogP contribution in [0.3, 0.4) is 0 Å². The molecule has 0 amide bonds. The zero-order valence-electron chi connectivity index (χ0n) is 10.6. The summed E-state index contributed by atoms with van der Waals surface area (Å²) in [5, 5.41) is 0. The van der Waals surface area contributed by atoms with Crippen LogP contribution in [0.1, 0.15) is 5.56 Å². The lowest BCUT2D eigenvalue weighted by Gasteiger charge is -2.04. The molecule has 0 N–H and O–H groups in total. The number of hydrogen-bond donors (Lipinski definition) is 0. The number of nitrogens with zero attached hydrogens (tertiary/aromatic N) is 3. The number of benzene rings is 1. The van der Waals surface area contributed by atoms with Gasteiger partial charge in [0.2, 0.25) is 0 Å². The standard InChI is InChI=1S/C16H13N3/c1-12-3-2-4-14(11-12)16-18-10-7-15(19-16)13-5-8-17-9-6-13/h2-11H,1H3. The SMILES string of the molecule is Cc1cccc(-c2nccc(-c3ccncc3)n2)c1. The molecule has 2 heterocycles. The first-order valence-electron chi connectivity index (χ1n) is 6.13. The van der Waals surface area contributed by atoms with E-state index in [1.165, 1.54) is 5.56 Å². The van der Waals surface area contributed by atoms with Crippen LogP contribution in [0.5, 0.6) is 0 Å². The number of pyridine rings is 1. The quantitative estimate of drug-likeness (QED) is 0.695. The predicted molar refractivity (Wildman–Crippen MR) is 75.4 cm³/mol. The van der Waals surface area contributed by atoms with E-state index in [1.807, 2.05) is 30.3 Å². The van der Waals surface area contributed by atoms with Crippen molar-refractivity contribution < 1.29 is 0 Å². The molecule has 0 saturated carbocycles. The molecule has 0 spiro atoms. The number of aromatic nitrogens is 3. The van der Waals surface area contributed by atoms with Gasteiger partial charge in [0.15, 0.2) is 5.82 Å². The lowest BCUT2D eigenvalue weighted by molar-refractivity contribution is 1.17. The smallest absolute Gasteiger partial charge is 0.159 e. The molecule has 92 valence electrons. The molecule has 0 atom stereocenters. The summed E-state index contributed by atoms with van der Waals surface area (Å²) in [6, 6.07) is 14.0. The minimum atomic E-state index is 0.748. The third kappa shape index (κ3) is 2.50. The van der Waals surface area contributed by atoms with E-state index >= 15 is 0 Å². The first-order valence-corrected chi connectivity index (χ1v) is 6.13. The Balaban J connectivity index is 2.06. The van der Waals surface area contributed by atoms with E-state index in [2.05, 4.69) is 34.0 Å². The second kappa shape index (κ2) is 4.98. The van der Waals surface area contributed by atoms with Crippen molar-refractivity contribution in [1.82, 2.24) is 15.0 Å². The van der Waals surface area contributed by atoms with Gasteiger partial charge in [0, 0.05) is 29.7 Å². The van der Waals surface area contributed by atoms with Gasteiger partial charge < -0.3 is 0 Å². The van der Waals surface area contributed by atoms with Crippen molar-refractivity contribution in [3.05, 3.63) is 66.6 Å². The van der Waals surface area contributed by atoms with Gasteiger partial charge in [-0.1, -0.05) is 23.8 Å². The molecule has 2 aromatic heterocycles. The van der Waals surface area contributed by atoms with Crippen LogP contribution >= 0.6 is 0 Å².